The van der Waals surface area contributed by atoms with Crippen LogP contribution in [-0.2, 0) is 16.1 Å². The van der Waals surface area contributed by atoms with E-state index >= 15 is 0 Å². The fraction of sp³-hybridized carbons (Fsp3) is 0.533. The van der Waals surface area contributed by atoms with E-state index in [2.05, 4.69) is 5.32 Å². The Morgan fingerprint density at radius 1 is 1.26 bits per heavy atom. The SMILES string of the molecule is COC(=O)C1CCC(NCc2ccc(F)cc2)CC1. The fourth-order valence-corrected chi connectivity index (χ4v) is 2.56. The van der Waals surface area contributed by atoms with E-state index in [0.717, 1.165) is 37.8 Å². The van der Waals surface area contributed by atoms with Crippen LogP contribution in [0.5, 0.6) is 0 Å². The molecule has 1 fully saturated rings. The molecule has 0 amide bonds. The number of hydrogen-bond acceptors (Lipinski definition) is 3. The third kappa shape index (κ3) is 4.03. The molecule has 0 spiro atoms. The van der Waals surface area contributed by atoms with Gasteiger partial charge in [0.15, 0.2) is 0 Å². The molecule has 0 atom stereocenters. The van der Waals surface area contributed by atoms with E-state index < -0.39 is 0 Å². The van der Waals surface area contributed by atoms with Crippen molar-refractivity contribution in [3.8, 4) is 0 Å². The van der Waals surface area contributed by atoms with Crippen LogP contribution in [0.25, 0.3) is 0 Å². The van der Waals surface area contributed by atoms with Crippen LogP contribution in [0, 0.1) is 11.7 Å². The number of halogens is 1. The lowest BCUT2D eigenvalue weighted by Gasteiger charge is -2.27. The van der Waals surface area contributed by atoms with E-state index in [1.807, 2.05) is 0 Å². The van der Waals surface area contributed by atoms with Gasteiger partial charge in [0.25, 0.3) is 0 Å². The Hall–Kier alpha value is -1.42. The molecule has 2 rings (SSSR count). The van der Waals surface area contributed by atoms with Crippen molar-refractivity contribution in [2.45, 2.75) is 38.3 Å². The first-order valence-electron chi connectivity index (χ1n) is 6.74. The zero-order valence-electron chi connectivity index (χ0n) is 11.2. The van der Waals surface area contributed by atoms with Crippen molar-refractivity contribution in [2.24, 2.45) is 5.92 Å². The van der Waals surface area contributed by atoms with Crippen LogP contribution < -0.4 is 5.32 Å². The predicted octanol–water partition coefficient (Wildman–Crippen LogP) is 2.65. The number of ether oxygens (including phenoxy) is 1. The molecule has 1 aromatic carbocycles. The predicted molar refractivity (Wildman–Crippen MR) is 71.0 cm³/mol. The van der Waals surface area contributed by atoms with Gasteiger partial charge in [-0.3, -0.25) is 4.79 Å². The molecule has 0 radical (unpaired) electrons. The van der Waals surface area contributed by atoms with Crippen LogP contribution in [0.4, 0.5) is 4.39 Å². The fourth-order valence-electron chi connectivity index (χ4n) is 2.56. The zero-order chi connectivity index (χ0) is 13.7. The Labute approximate surface area is 113 Å². The Kier molecular flexibility index (Phi) is 4.91. The maximum atomic E-state index is 12.8. The van der Waals surface area contributed by atoms with Crippen LogP contribution in [0.1, 0.15) is 31.2 Å². The summed E-state index contributed by atoms with van der Waals surface area (Å²) >= 11 is 0. The number of carbonyl (C=O) groups is 1. The van der Waals surface area contributed by atoms with Gasteiger partial charge in [0.2, 0.25) is 0 Å². The summed E-state index contributed by atoms with van der Waals surface area (Å²) < 4.78 is 17.5. The monoisotopic (exact) mass is 265 g/mol. The molecule has 3 nitrogen and oxygen atoms in total. The molecule has 4 heteroatoms. The van der Waals surface area contributed by atoms with Crippen molar-refractivity contribution >= 4 is 5.97 Å². The van der Waals surface area contributed by atoms with E-state index in [0.29, 0.717) is 6.04 Å². The molecule has 1 aromatic rings. The molecule has 1 aliphatic carbocycles. The number of benzene rings is 1. The Morgan fingerprint density at radius 3 is 2.47 bits per heavy atom. The van der Waals surface area contributed by atoms with Crippen molar-refractivity contribution in [1.29, 1.82) is 0 Å². The summed E-state index contributed by atoms with van der Waals surface area (Å²) in [5.41, 5.74) is 1.08. The smallest absolute Gasteiger partial charge is 0.308 e. The summed E-state index contributed by atoms with van der Waals surface area (Å²) in [7, 11) is 1.45. The Morgan fingerprint density at radius 2 is 1.89 bits per heavy atom. The van der Waals surface area contributed by atoms with Crippen molar-refractivity contribution < 1.29 is 13.9 Å². The summed E-state index contributed by atoms with van der Waals surface area (Å²) in [6.07, 6.45) is 3.74. The van der Waals surface area contributed by atoms with Gasteiger partial charge >= 0.3 is 5.97 Å². The lowest BCUT2D eigenvalue weighted by atomic mass is 9.86. The summed E-state index contributed by atoms with van der Waals surface area (Å²) in [6.45, 7) is 0.744. The number of esters is 1. The standard InChI is InChI=1S/C15H20FNO2/c1-19-15(18)12-4-8-14(9-5-12)17-10-11-2-6-13(16)7-3-11/h2-3,6-7,12,14,17H,4-5,8-10H2,1H3. The first-order valence-corrected chi connectivity index (χ1v) is 6.74. The Bertz CT molecular complexity index is 411. The normalized spacial score (nSPS) is 23.1. The van der Waals surface area contributed by atoms with E-state index in [1.54, 1.807) is 12.1 Å². The average molecular weight is 265 g/mol. The second kappa shape index (κ2) is 6.66. The number of rotatable bonds is 4. The zero-order valence-corrected chi connectivity index (χ0v) is 11.2. The van der Waals surface area contributed by atoms with Crippen molar-refractivity contribution in [3.63, 3.8) is 0 Å². The van der Waals surface area contributed by atoms with Crippen LogP contribution in [0.2, 0.25) is 0 Å². The van der Waals surface area contributed by atoms with E-state index in [9.17, 15) is 9.18 Å². The molecule has 1 saturated carbocycles. The quantitative estimate of drug-likeness (QED) is 0.851. The molecule has 1 N–H and O–H groups in total. The van der Waals surface area contributed by atoms with Gasteiger partial charge in [-0.05, 0) is 43.4 Å². The molecule has 0 bridgehead atoms. The van der Waals surface area contributed by atoms with Crippen LogP contribution >= 0.6 is 0 Å². The second-order valence-electron chi connectivity index (χ2n) is 5.08. The molecular formula is C15H20FNO2. The molecule has 0 aliphatic heterocycles. The highest BCUT2D eigenvalue weighted by atomic mass is 19.1. The van der Waals surface area contributed by atoms with Gasteiger partial charge in [0, 0.05) is 12.6 Å². The van der Waals surface area contributed by atoms with Crippen LogP contribution in [-0.4, -0.2) is 19.1 Å². The van der Waals surface area contributed by atoms with E-state index in [-0.39, 0.29) is 17.7 Å². The number of carbonyl (C=O) groups excluding carboxylic acids is 1. The minimum Gasteiger partial charge on any atom is -0.469 e. The highest BCUT2D eigenvalue weighted by Crippen LogP contribution is 2.25. The number of hydrogen-bond donors (Lipinski definition) is 1. The van der Waals surface area contributed by atoms with Crippen LogP contribution in [0.3, 0.4) is 0 Å². The van der Waals surface area contributed by atoms with Gasteiger partial charge in [0.05, 0.1) is 13.0 Å². The molecule has 1 aliphatic rings. The highest BCUT2D eigenvalue weighted by molar-refractivity contribution is 5.72. The minimum atomic E-state index is -0.206. The number of methoxy groups -OCH3 is 1. The summed E-state index contributed by atoms with van der Waals surface area (Å²) in [6, 6.07) is 6.98. The summed E-state index contributed by atoms with van der Waals surface area (Å²) in [4.78, 5) is 11.4. The Balaban J connectivity index is 1.74. The van der Waals surface area contributed by atoms with Crippen molar-refractivity contribution in [3.05, 3.63) is 35.6 Å². The van der Waals surface area contributed by atoms with Gasteiger partial charge in [0.1, 0.15) is 5.82 Å². The molecule has 0 saturated heterocycles. The average Bonchev–Trinajstić information content (AvgIpc) is 2.46. The largest absolute Gasteiger partial charge is 0.469 e. The third-order valence-electron chi connectivity index (χ3n) is 3.77. The van der Waals surface area contributed by atoms with E-state index in [1.165, 1.54) is 19.2 Å². The second-order valence-corrected chi connectivity index (χ2v) is 5.08. The molecule has 0 unspecified atom stereocenters. The first kappa shape index (κ1) is 14.0. The summed E-state index contributed by atoms with van der Waals surface area (Å²) in [5, 5.41) is 3.46. The first-order chi connectivity index (χ1) is 9.19. The molecule has 0 heterocycles. The van der Waals surface area contributed by atoms with Gasteiger partial charge in [-0.1, -0.05) is 12.1 Å². The highest BCUT2D eigenvalue weighted by Gasteiger charge is 2.26. The lowest BCUT2D eigenvalue weighted by Crippen LogP contribution is -2.34. The van der Waals surface area contributed by atoms with Gasteiger partial charge < -0.3 is 10.1 Å². The van der Waals surface area contributed by atoms with Gasteiger partial charge in [-0.2, -0.15) is 0 Å². The van der Waals surface area contributed by atoms with Crippen molar-refractivity contribution in [2.75, 3.05) is 7.11 Å². The van der Waals surface area contributed by atoms with Gasteiger partial charge in [-0.25, -0.2) is 4.39 Å². The molecule has 19 heavy (non-hydrogen) atoms. The third-order valence-corrected chi connectivity index (χ3v) is 3.77. The molecular weight excluding hydrogens is 245 g/mol. The number of nitrogens with one attached hydrogen (secondary N) is 1. The molecule has 0 aromatic heterocycles. The van der Waals surface area contributed by atoms with Crippen LogP contribution in [0.15, 0.2) is 24.3 Å². The summed E-state index contributed by atoms with van der Waals surface area (Å²) in [5.74, 6) is -0.229. The van der Waals surface area contributed by atoms with Gasteiger partial charge in [-0.15, -0.1) is 0 Å². The molecule has 104 valence electrons. The maximum absolute atomic E-state index is 12.8. The maximum Gasteiger partial charge on any atom is 0.308 e. The topological polar surface area (TPSA) is 38.3 Å². The van der Waals surface area contributed by atoms with Crippen molar-refractivity contribution in [1.82, 2.24) is 5.32 Å². The minimum absolute atomic E-state index is 0.0638. The lowest BCUT2D eigenvalue weighted by molar-refractivity contribution is -0.146. The van der Waals surface area contributed by atoms with E-state index in [4.69, 9.17) is 4.74 Å².